The first-order valence-electron chi connectivity index (χ1n) is 15.3. The summed E-state index contributed by atoms with van der Waals surface area (Å²) in [5, 5.41) is 13.9. The van der Waals surface area contributed by atoms with Crippen molar-refractivity contribution in [2.24, 2.45) is 40.6 Å². The van der Waals surface area contributed by atoms with Crippen LogP contribution in [0.15, 0.2) is 18.2 Å². The predicted octanol–water partition coefficient (Wildman–Crippen LogP) is 5.55. The number of amides is 2. The topological polar surface area (TPSA) is 118 Å². The molecule has 0 aliphatic rings. The lowest BCUT2D eigenvalue weighted by molar-refractivity contribution is -0.130. The van der Waals surface area contributed by atoms with Gasteiger partial charge in [0, 0.05) is 18.5 Å². The average Bonchev–Trinajstić information content (AvgIpc) is 2.87. The molecule has 0 radical (unpaired) electrons. The summed E-state index contributed by atoms with van der Waals surface area (Å²) in [6, 6.07) is 6.53. The van der Waals surface area contributed by atoms with E-state index in [-0.39, 0.29) is 18.4 Å². The van der Waals surface area contributed by atoms with Crippen LogP contribution in [0, 0.1) is 29.1 Å². The molecule has 4 atom stereocenters. The van der Waals surface area contributed by atoms with Crippen LogP contribution in [0.4, 0.5) is 0 Å². The standard InChI is InChI=1S/C33H59N3O3/c1-9-11-12-13-14-26-17-24(15-16-25(26)10-2)18-27(22(3)4)19-29(34)30(37)20-28(23(5)6)31(38)36-21-33(7,8)32(35)39/h15-17,22-23,27-30,37H,9-14,18-21,34H2,1-8H3,(H2,35,39)(H,36,38)/t27?,28?,29-,30-/m0/s1. The maximum atomic E-state index is 13.0. The Kier molecular flexibility index (Phi) is 15.3. The van der Waals surface area contributed by atoms with Gasteiger partial charge in [0.1, 0.15) is 0 Å². The minimum Gasteiger partial charge on any atom is -0.391 e. The second-order valence-corrected chi connectivity index (χ2v) is 13.0. The maximum Gasteiger partial charge on any atom is 0.224 e. The van der Waals surface area contributed by atoms with Crippen LogP contribution in [0.25, 0.3) is 0 Å². The molecule has 0 bridgehead atoms. The number of aliphatic hydroxyl groups excluding tert-OH is 1. The van der Waals surface area contributed by atoms with E-state index < -0.39 is 29.4 Å². The van der Waals surface area contributed by atoms with Crippen LogP contribution >= 0.6 is 0 Å². The zero-order valence-electron chi connectivity index (χ0n) is 26.2. The number of rotatable bonds is 19. The molecule has 1 aromatic carbocycles. The lowest BCUT2D eigenvalue weighted by Gasteiger charge is -2.30. The summed E-state index contributed by atoms with van der Waals surface area (Å²) in [5.41, 5.74) is 15.4. The highest BCUT2D eigenvalue weighted by atomic mass is 16.3. The van der Waals surface area contributed by atoms with Crippen LogP contribution in [-0.4, -0.2) is 35.6 Å². The summed E-state index contributed by atoms with van der Waals surface area (Å²) in [4.78, 5) is 24.6. The molecule has 0 heterocycles. The summed E-state index contributed by atoms with van der Waals surface area (Å²) in [6.45, 7) is 16.4. The molecule has 0 spiro atoms. The number of aryl methyl sites for hydroxylation is 2. The molecular weight excluding hydrogens is 486 g/mol. The van der Waals surface area contributed by atoms with E-state index >= 15 is 0 Å². The van der Waals surface area contributed by atoms with Crippen molar-refractivity contribution in [2.75, 3.05) is 6.54 Å². The molecule has 0 aromatic heterocycles. The van der Waals surface area contributed by atoms with Crippen molar-refractivity contribution in [3.05, 3.63) is 34.9 Å². The normalized spacial score (nSPS) is 15.3. The van der Waals surface area contributed by atoms with Gasteiger partial charge in [0.05, 0.1) is 11.5 Å². The van der Waals surface area contributed by atoms with Gasteiger partial charge in [0.15, 0.2) is 0 Å². The molecule has 0 aliphatic heterocycles. The Morgan fingerprint density at radius 1 is 0.974 bits per heavy atom. The third-order valence-electron chi connectivity index (χ3n) is 8.47. The van der Waals surface area contributed by atoms with Gasteiger partial charge >= 0.3 is 0 Å². The number of unbranched alkanes of at least 4 members (excludes halogenated alkanes) is 3. The quantitative estimate of drug-likeness (QED) is 0.170. The Morgan fingerprint density at radius 3 is 2.18 bits per heavy atom. The number of aliphatic hydroxyl groups is 1. The first-order valence-corrected chi connectivity index (χ1v) is 15.3. The summed E-state index contributed by atoms with van der Waals surface area (Å²) < 4.78 is 0. The number of hydrogen-bond donors (Lipinski definition) is 4. The zero-order chi connectivity index (χ0) is 29.8. The second kappa shape index (κ2) is 17.0. The molecule has 39 heavy (non-hydrogen) atoms. The highest BCUT2D eigenvalue weighted by Gasteiger charge is 2.32. The van der Waals surface area contributed by atoms with Gasteiger partial charge in [-0.1, -0.05) is 79.0 Å². The molecule has 1 rings (SSSR count). The third-order valence-corrected chi connectivity index (χ3v) is 8.47. The highest BCUT2D eigenvalue weighted by Crippen LogP contribution is 2.27. The van der Waals surface area contributed by atoms with Crippen molar-refractivity contribution in [3.8, 4) is 0 Å². The number of nitrogens with one attached hydrogen (secondary N) is 1. The van der Waals surface area contributed by atoms with Crippen LogP contribution in [0.3, 0.4) is 0 Å². The van der Waals surface area contributed by atoms with E-state index in [4.69, 9.17) is 11.5 Å². The largest absolute Gasteiger partial charge is 0.391 e. The van der Waals surface area contributed by atoms with Crippen molar-refractivity contribution in [1.29, 1.82) is 0 Å². The SMILES string of the molecule is CCCCCCc1cc(CC(C[C@H](N)[C@@H](O)CC(C(=O)NCC(C)(C)C(N)=O)C(C)C)C(C)C)ccc1CC. The number of benzene rings is 1. The van der Waals surface area contributed by atoms with Gasteiger partial charge in [0.2, 0.25) is 11.8 Å². The van der Waals surface area contributed by atoms with Crippen molar-refractivity contribution < 1.29 is 14.7 Å². The Bertz CT molecular complexity index is 881. The minimum absolute atomic E-state index is 0.0252. The summed E-state index contributed by atoms with van der Waals surface area (Å²) in [6.07, 6.45) is 8.38. The Balaban J connectivity index is 2.87. The molecule has 6 nitrogen and oxygen atoms in total. The van der Waals surface area contributed by atoms with E-state index in [0.717, 1.165) is 19.3 Å². The van der Waals surface area contributed by atoms with E-state index in [0.29, 0.717) is 24.7 Å². The Labute approximate surface area is 239 Å². The second-order valence-electron chi connectivity index (χ2n) is 13.0. The average molecular weight is 546 g/mol. The number of nitrogens with two attached hydrogens (primary N) is 2. The monoisotopic (exact) mass is 545 g/mol. The number of primary amides is 1. The molecule has 0 aliphatic carbocycles. The van der Waals surface area contributed by atoms with Crippen LogP contribution in [0.2, 0.25) is 0 Å². The first kappa shape index (κ1) is 35.1. The smallest absolute Gasteiger partial charge is 0.224 e. The molecule has 0 saturated carbocycles. The lowest BCUT2D eigenvalue weighted by atomic mass is 9.80. The van der Waals surface area contributed by atoms with Gasteiger partial charge in [-0.3, -0.25) is 9.59 Å². The number of hydrogen-bond acceptors (Lipinski definition) is 4. The van der Waals surface area contributed by atoms with Gasteiger partial charge in [0.25, 0.3) is 0 Å². The highest BCUT2D eigenvalue weighted by molar-refractivity contribution is 5.83. The van der Waals surface area contributed by atoms with Gasteiger partial charge < -0.3 is 21.9 Å². The fraction of sp³-hybridized carbons (Fsp3) is 0.758. The zero-order valence-corrected chi connectivity index (χ0v) is 26.2. The summed E-state index contributed by atoms with van der Waals surface area (Å²) >= 11 is 0. The van der Waals surface area contributed by atoms with E-state index in [1.165, 1.54) is 42.4 Å². The number of carbonyl (C=O) groups is 2. The van der Waals surface area contributed by atoms with E-state index in [2.05, 4.69) is 51.2 Å². The van der Waals surface area contributed by atoms with Crippen LogP contribution in [-0.2, 0) is 28.9 Å². The van der Waals surface area contributed by atoms with Crippen LogP contribution < -0.4 is 16.8 Å². The first-order chi connectivity index (χ1) is 18.2. The molecule has 6 heteroatoms. The lowest BCUT2D eigenvalue weighted by Crippen LogP contribution is -2.46. The van der Waals surface area contributed by atoms with Gasteiger partial charge in [-0.15, -0.1) is 0 Å². The molecule has 0 fully saturated rings. The summed E-state index contributed by atoms with van der Waals surface area (Å²) in [5.74, 6) is -0.256. The fourth-order valence-corrected chi connectivity index (χ4v) is 5.17. The molecule has 224 valence electrons. The van der Waals surface area contributed by atoms with E-state index in [1.54, 1.807) is 13.8 Å². The van der Waals surface area contributed by atoms with Crippen molar-refractivity contribution in [3.63, 3.8) is 0 Å². The molecule has 1 aromatic rings. The van der Waals surface area contributed by atoms with Crippen molar-refractivity contribution >= 4 is 11.8 Å². The molecule has 0 saturated heterocycles. The summed E-state index contributed by atoms with van der Waals surface area (Å²) in [7, 11) is 0. The molecule has 6 N–H and O–H groups in total. The van der Waals surface area contributed by atoms with Crippen LogP contribution in [0.5, 0.6) is 0 Å². The number of carbonyl (C=O) groups excluding carboxylic acids is 2. The maximum absolute atomic E-state index is 13.0. The Hall–Kier alpha value is -1.92. The van der Waals surface area contributed by atoms with Crippen LogP contribution in [0.1, 0.15) is 111 Å². The van der Waals surface area contributed by atoms with E-state index in [9.17, 15) is 14.7 Å². The predicted molar refractivity (Wildman–Crippen MR) is 163 cm³/mol. The minimum atomic E-state index is -0.832. The fourth-order valence-electron chi connectivity index (χ4n) is 5.17. The van der Waals surface area contributed by atoms with Crippen molar-refractivity contribution in [1.82, 2.24) is 5.32 Å². The van der Waals surface area contributed by atoms with E-state index in [1.807, 2.05) is 13.8 Å². The van der Waals surface area contributed by atoms with Gasteiger partial charge in [-0.2, -0.15) is 0 Å². The van der Waals surface area contributed by atoms with Gasteiger partial charge in [-0.05, 0) is 86.8 Å². The molecular formula is C33H59N3O3. The van der Waals surface area contributed by atoms with Gasteiger partial charge in [-0.25, -0.2) is 0 Å². The third kappa shape index (κ3) is 12.0. The molecule has 2 unspecified atom stereocenters. The van der Waals surface area contributed by atoms with Crippen molar-refractivity contribution in [2.45, 2.75) is 125 Å². The Morgan fingerprint density at radius 2 is 1.64 bits per heavy atom. The molecule has 2 amide bonds.